The largest absolute Gasteiger partial charge is 0.379 e. The summed E-state index contributed by atoms with van der Waals surface area (Å²) in [6.45, 7) is 6.96. The summed E-state index contributed by atoms with van der Waals surface area (Å²) in [6.07, 6.45) is 5.54. The predicted octanol–water partition coefficient (Wildman–Crippen LogP) is 1.10. The molecule has 0 aliphatic carbocycles. The first-order valence-corrected chi connectivity index (χ1v) is 7.72. The van der Waals surface area contributed by atoms with Crippen LogP contribution in [0.2, 0.25) is 0 Å². The summed E-state index contributed by atoms with van der Waals surface area (Å²) in [6, 6.07) is 4.03. The van der Waals surface area contributed by atoms with Crippen molar-refractivity contribution in [3.8, 4) is 0 Å². The number of nitrogens with one attached hydrogen (secondary N) is 1. The molecule has 0 aromatic carbocycles. The smallest absolute Gasteiger partial charge is 0.224 e. The molecule has 116 valence electrons. The van der Waals surface area contributed by atoms with Crippen molar-refractivity contribution in [3.05, 3.63) is 30.1 Å². The van der Waals surface area contributed by atoms with Gasteiger partial charge in [0.1, 0.15) is 0 Å². The maximum atomic E-state index is 12.0. The van der Waals surface area contributed by atoms with E-state index in [1.165, 1.54) is 5.56 Å². The third kappa shape index (κ3) is 5.81. The van der Waals surface area contributed by atoms with E-state index in [-0.39, 0.29) is 11.8 Å². The van der Waals surface area contributed by atoms with Crippen LogP contribution in [0.25, 0.3) is 0 Å². The Hall–Kier alpha value is -1.46. The Kier molecular flexibility index (Phi) is 6.63. The van der Waals surface area contributed by atoms with Crippen LogP contribution in [0, 0.1) is 5.92 Å². The van der Waals surface area contributed by atoms with Crippen LogP contribution >= 0.6 is 0 Å². The number of hydrogen-bond donors (Lipinski definition) is 1. The van der Waals surface area contributed by atoms with E-state index in [9.17, 15) is 4.79 Å². The van der Waals surface area contributed by atoms with Gasteiger partial charge >= 0.3 is 0 Å². The lowest BCUT2D eigenvalue weighted by Gasteiger charge is -2.28. The molecular formula is C16H25N3O2. The van der Waals surface area contributed by atoms with Crippen LogP contribution in [0.15, 0.2) is 24.5 Å². The van der Waals surface area contributed by atoms with E-state index in [1.54, 1.807) is 12.4 Å². The van der Waals surface area contributed by atoms with E-state index >= 15 is 0 Å². The van der Waals surface area contributed by atoms with Gasteiger partial charge in [0, 0.05) is 44.5 Å². The molecule has 0 spiro atoms. The Morgan fingerprint density at radius 3 is 2.81 bits per heavy atom. The van der Waals surface area contributed by atoms with Crippen LogP contribution in [0.1, 0.15) is 18.9 Å². The van der Waals surface area contributed by atoms with Crippen molar-refractivity contribution in [3.63, 3.8) is 0 Å². The molecule has 1 aliphatic rings. The number of nitrogens with zero attached hydrogens (tertiary/aromatic N) is 2. The fourth-order valence-corrected chi connectivity index (χ4v) is 2.48. The second kappa shape index (κ2) is 8.74. The number of aromatic nitrogens is 1. The lowest BCUT2D eigenvalue weighted by Crippen LogP contribution is -2.42. The van der Waals surface area contributed by atoms with Gasteiger partial charge in [0.05, 0.1) is 13.2 Å². The fraction of sp³-hybridized carbons (Fsp3) is 0.625. The zero-order valence-corrected chi connectivity index (χ0v) is 12.8. The molecule has 0 bridgehead atoms. The molecular weight excluding hydrogens is 266 g/mol. The topological polar surface area (TPSA) is 54.5 Å². The minimum atomic E-state index is 0.0315. The SMILES string of the molecule is CC(CN1CCOCC1)C(=O)NCCCc1ccncc1. The molecule has 2 heterocycles. The Morgan fingerprint density at radius 2 is 2.10 bits per heavy atom. The van der Waals surface area contributed by atoms with Crippen molar-refractivity contribution >= 4 is 5.91 Å². The molecule has 1 aromatic rings. The summed E-state index contributed by atoms with van der Waals surface area (Å²) < 4.78 is 5.32. The van der Waals surface area contributed by atoms with Crippen molar-refractivity contribution in [2.24, 2.45) is 5.92 Å². The maximum Gasteiger partial charge on any atom is 0.224 e. The molecule has 1 aliphatic heterocycles. The first-order chi connectivity index (χ1) is 10.3. The summed E-state index contributed by atoms with van der Waals surface area (Å²) in [5.41, 5.74) is 1.26. The Balaban J connectivity index is 1.60. The van der Waals surface area contributed by atoms with Gasteiger partial charge in [-0.05, 0) is 30.5 Å². The fourth-order valence-electron chi connectivity index (χ4n) is 2.48. The zero-order chi connectivity index (χ0) is 14.9. The van der Waals surface area contributed by atoms with Crippen LogP contribution < -0.4 is 5.32 Å². The molecule has 2 rings (SSSR count). The van der Waals surface area contributed by atoms with Crippen LogP contribution in [0.4, 0.5) is 0 Å². The third-order valence-corrected chi connectivity index (χ3v) is 3.77. The van der Waals surface area contributed by atoms with Crippen LogP contribution in [0.3, 0.4) is 0 Å². The summed E-state index contributed by atoms with van der Waals surface area (Å²) in [5.74, 6) is 0.181. The zero-order valence-electron chi connectivity index (χ0n) is 12.8. The van der Waals surface area contributed by atoms with E-state index < -0.39 is 0 Å². The molecule has 1 unspecified atom stereocenters. The molecule has 1 fully saturated rings. The number of morpholine rings is 1. The van der Waals surface area contributed by atoms with Gasteiger partial charge in [0.2, 0.25) is 5.91 Å². The lowest BCUT2D eigenvalue weighted by atomic mass is 10.1. The summed E-state index contributed by atoms with van der Waals surface area (Å²) in [4.78, 5) is 18.3. The molecule has 5 heteroatoms. The first kappa shape index (κ1) is 15.9. The highest BCUT2D eigenvalue weighted by atomic mass is 16.5. The number of rotatable bonds is 7. The van der Waals surface area contributed by atoms with Crippen molar-refractivity contribution in [1.82, 2.24) is 15.2 Å². The van der Waals surface area contributed by atoms with Gasteiger partial charge in [-0.3, -0.25) is 14.7 Å². The van der Waals surface area contributed by atoms with Gasteiger partial charge in [-0.2, -0.15) is 0 Å². The summed E-state index contributed by atoms with van der Waals surface area (Å²) >= 11 is 0. The van der Waals surface area contributed by atoms with Crippen LogP contribution in [-0.2, 0) is 16.0 Å². The van der Waals surface area contributed by atoms with E-state index in [2.05, 4.69) is 15.2 Å². The quantitative estimate of drug-likeness (QED) is 0.764. The van der Waals surface area contributed by atoms with Gasteiger partial charge in [0.25, 0.3) is 0 Å². The highest BCUT2D eigenvalue weighted by molar-refractivity contribution is 5.78. The number of hydrogen-bond acceptors (Lipinski definition) is 4. The summed E-state index contributed by atoms with van der Waals surface area (Å²) in [5, 5.41) is 3.03. The average molecular weight is 291 g/mol. The number of pyridine rings is 1. The molecule has 0 radical (unpaired) electrons. The number of ether oxygens (including phenoxy) is 1. The lowest BCUT2D eigenvalue weighted by molar-refractivity contribution is -0.125. The minimum absolute atomic E-state index is 0.0315. The number of carbonyl (C=O) groups is 1. The van der Waals surface area contributed by atoms with E-state index in [1.807, 2.05) is 19.1 Å². The Labute approximate surface area is 126 Å². The number of amides is 1. The summed E-state index contributed by atoms with van der Waals surface area (Å²) in [7, 11) is 0. The third-order valence-electron chi connectivity index (χ3n) is 3.77. The van der Waals surface area contributed by atoms with Crippen LogP contribution in [-0.4, -0.2) is 55.2 Å². The number of aryl methyl sites for hydroxylation is 1. The maximum absolute atomic E-state index is 12.0. The molecule has 1 saturated heterocycles. The molecule has 5 nitrogen and oxygen atoms in total. The highest BCUT2D eigenvalue weighted by Gasteiger charge is 2.18. The van der Waals surface area contributed by atoms with Gasteiger partial charge in [-0.1, -0.05) is 6.92 Å². The second-order valence-electron chi connectivity index (χ2n) is 5.56. The predicted molar refractivity (Wildman–Crippen MR) is 82.0 cm³/mol. The molecule has 0 saturated carbocycles. The Bertz CT molecular complexity index is 419. The standard InChI is InChI=1S/C16H25N3O2/c1-14(13-19-9-11-21-12-10-19)16(20)18-6-2-3-15-4-7-17-8-5-15/h4-5,7-8,14H,2-3,6,9-13H2,1H3,(H,18,20). The molecule has 1 N–H and O–H groups in total. The van der Waals surface area contributed by atoms with Gasteiger partial charge in [-0.25, -0.2) is 0 Å². The monoisotopic (exact) mass is 291 g/mol. The molecule has 21 heavy (non-hydrogen) atoms. The van der Waals surface area contributed by atoms with Crippen molar-refractivity contribution in [2.45, 2.75) is 19.8 Å². The molecule has 1 aromatic heterocycles. The Morgan fingerprint density at radius 1 is 1.38 bits per heavy atom. The van der Waals surface area contributed by atoms with E-state index in [0.717, 1.165) is 52.2 Å². The van der Waals surface area contributed by atoms with E-state index in [4.69, 9.17) is 4.74 Å². The second-order valence-corrected chi connectivity index (χ2v) is 5.56. The van der Waals surface area contributed by atoms with Crippen molar-refractivity contribution in [1.29, 1.82) is 0 Å². The van der Waals surface area contributed by atoms with Crippen molar-refractivity contribution < 1.29 is 9.53 Å². The normalized spacial score (nSPS) is 17.4. The number of carbonyl (C=O) groups excluding carboxylic acids is 1. The molecule has 1 amide bonds. The first-order valence-electron chi connectivity index (χ1n) is 7.72. The van der Waals surface area contributed by atoms with Gasteiger partial charge in [0.15, 0.2) is 0 Å². The average Bonchev–Trinajstić information content (AvgIpc) is 2.53. The van der Waals surface area contributed by atoms with E-state index in [0.29, 0.717) is 0 Å². The highest BCUT2D eigenvalue weighted by Crippen LogP contribution is 2.04. The van der Waals surface area contributed by atoms with Gasteiger partial charge < -0.3 is 10.1 Å². The van der Waals surface area contributed by atoms with Crippen molar-refractivity contribution in [2.75, 3.05) is 39.4 Å². The minimum Gasteiger partial charge on any atom is -0.379 e. The van der Waals surface area contributed by atoms with Crippen LogP contribution in [0.5, 0.6) is 0 Å². The molecule has 1 atom stereocenters. The van der Waals surface area contributed by atoms with Gasteiger partial charge in [-0.15, -0.1) is 0 Å².